The number of non-ortho nitro benzene ring substituents is 1. The van der Waals surface area contributed by atoms with E-state index in [-0.39, 0.29) is 29.5 Å². The van der Waals surface area contributed by atoms with Crippen LogP contribution >= 0.6 is 11.8 Å². The standard InChI is InChI=1S/C21H18FN3O6S/c22-14-6-4-13(5-7-14)21-9-8-19(27)24(21)17(12-32-21)20(28)31-11-18(26)23-15-2-1-3-16(10-15)25(29)30/h1-7,10,17H,8-9,11-12H2,(H,23,26)/t17-,21-/m0/s1. The van der Waals surface area contributed by atoms with E-state index in [1.807, 2.05) is 0 Å². The molecule has 2 saturated heterocycles. The molecule has 11 heteroatoms. The second kappa shape index (κ2) is 8.58. The van der Waals surface area contributed by atoms with Gasteiger partial charge in [-0.15, -0.1) is 11.8 Å². The van der Waals surface area contributed by atoms with Gasteiger partial charge in [0.2, 0.25) is 5.91 Å². The smallest absolute Gasteiger partial charge is 0.330 e. The molecular weight excluding hydrogens is 441 g/mol. The van der Waals surface area contributed by atoms with Crippen LogP contribution in [0.2, 0.25) is 0 Å². The lowest BCUT2D eigenvalue weighted by Gasteiger charge is -2.33. The molecule has 0 aromatic heterocycles. The summed E-state index contributed by atoms with van der Waals surface area (Å²) in [6.07, 6.45) is 0.737. The fraction of sp³-hybridized carbons (Fsp3) is 0.286. The highest BCUT2D eigenvalue weighted by atomic mass is 32.2. The SMILES string of the molecule is O=C(COC(=O)[C@@H]1CS[C@]2(c3ccc(F)cc3)CCC(=O)N12)Nc1cccc([N+](=O)[O-])c1. The molecule has 2 aliphatic rings. The largest absolute Gasteiger partial charge is 0.454 e. The quantitative estimate of drug-likeness (QED) is 0.401. The number of halogens is 1. The van der Waals surface area contributed by atoms with Gasteiger partial charge in [-0.3, -0.25) is 19.7 Å². The van der Waals surface area contributed by atoms with E-state index in [9.17, 15) is 28.9 Å². The fourth-order valence-electron chi connectivity index (χ4n) is 3.95. The number of carbonyl (C=O) groups is 3. The molecule has 32 heavy (non-hydrogen) atoms. The molecule has 0 aliphatic carbocycles. The van der Waals surface area contributed by atoms with Gasteiger partial charge in [-0.2, -0.15) is 0 Å². The topological polar surface area (TPSA) is 119 Å². The van der Waals surface area contributed by atoms with Crippen LogP contribution in [0.25, 0.3) is 0 Å². The summed E-state index contributed by atoms with van der Waals surface area (Å²) in [5, 5.41) is 13.3. The Hall–Kier alpha value is -3.47. The fourth-order valence-corrected chi connectivity index (χ4v) is 5.59. The predicted octanol–water partition coefficient (Wildman–Crippen LogP) is 2.81. The number of nitrogens with zero attached hydrogens (tertiary/aromatic N) is 2. The molecule has 2 aromatic rings. The maximum atomic E-state index is 13.4. The lowest BCUT2D eigenvalue weighted by molar-refractivity contribution is -0.384. The summed E-state index contributed by atoms with van der Waals surface area (Å²) in [7, 11) is 0. The first kappa shape index (κ1) is 21.8. The first-order valence-corrected chi connectivity index (χ1v) is 10.7. The number of fused-ring (bicyclic) bond motifs is 1. The summed E-state index contributed by atoms with van der Waals surface area (Å²) in [6, 6.07) is 10.3. The molecule has 0 saturated carbocycles. The number of hydrogen-bond acceptors (Lipinski definition) is 7. The van der Waals surface area contributed by atoms with E-state index in [1.54, 1.807) is 12.1 Å². The Morgan fingerprint density at radius 2 is 2.03 bits per heavy atom. The van der Waals surface area contributed by atoms with Crippen molar-refractivity contribution in [3.8, 4) is 0 Å². The minimum atomic E-state index is -0.870. The Morgan fingerprint density at radius 1 is 1.28 bits per heavy atom. The molecule has 1 N–H and O–H groups in total. The molecule has 0 spiro atoms. The normalized spacial score (nSPS) is 21.8. The molecule has 2 fully saturated rings. The molecular formula is C21H18FN3O6S. The zero-order valence-electron chi connectivity index (χ0n) is 16.7. The van der Waals surface area contributed by atoms with Gasteiger partial charge in [0.05, 0.1) is 4.92 Å². The van der Waals surface area contributed by atoms with E-state index in [4.69, 9.17) is 4.74 Å². The van der Waals surface area contributed by atoms with Gasteiger partial charge in [-0.25, -0.2) is 9.18 Å². The number of nitro benzene ring substituents is 1. The Morgan fingerprint density at radius 3 is 2.75 bits per heavy atom. The van der Waals surface area contributed by atoms with Crippen molar-refractivity contribution in [1.82, 2.24) is 4.90 Å². The first-order chi connectivity index (χ1) is 15.3. The average Bonchev–Trinajstić information content (AvgIpc) is 3.32. The number of carbonyl (C=O) groups excluding carboxylic acids is 3. The van der Waals surface area contributed by atoms with E-state index < -0.39 is 40.1 Å². The number of benzene rings is 2. The van der Waals surface area contributed by atoms with Crippen LogP contribution < -0.4 is 5.32 Å². The van der Waals surface area contributed by atoms with Crippen LogP contribution in [0.5, 0.6) is 0 Å². The van der Waals surface area contributed by atoms with Crippen LogP contribution in [-0.2, 0) is 24.0 Å². The number of anilines is 1. The summed E-state index contributed by atoms with van der Waals surface area (Å²) in [5.41, 5.74) is 0.739. The Balaban J connectivity index is 1.41. The third-order valence-corrected chi connectivity index (χ3v) is 6.98. The zero-order chi connectivity index (χ0) is 22.9. The molecule has 2 aromatic carbocycles. The van der Waals surface area contributed by atoms with Crippen LogP contribution in [0.1, 0.15) is 18.4 Å². The number of amides is 2. The highest BCUT2D eigenvalue weighted by molar-refractivity contribution is 8.00. The molecule has 166 valence electrons. The third-order valence-electron chi connectivity index (χ3n) is 5.38. The van der Waals surface area contributed by atoms with E-state index in [0.717, 1.165) is 5.56 Å². The van der Waals surface area contributed by atoms with Gasteiger partial charge in [0.15, 0.2) is 6.61 Å². The summed E-state index contributed by atoms with van der Waals surface area (Å²) in [4.78, 5) is 48.4. The van der Waals surface area contributed by atoms with E-state index >= 15 is 0 Å². The van der Waals surface area contributed by atoms with Crippen molar-refractivity contribution in [2.45, 2.75) is 23.8 Å². The van der Waals surface area contributed by atoms with Gasteiger partial charge in [-0.1, -0.05) is 18.2 Å². The Bertz CT molecular complexity index is 1100. The van der Waals surface area contributed by atoms with Crippen molar-refractivity contribution >= 4 is 40.9 Å². The van der Waals surface area contributed by atoms with Crippen molar-refractivity contribution in [2.24, 2.45) is 0 Å². The van der Waals surface area contributed by atoms with Gasteiger partial charge in [0, 0.05) is 30.0 Å². The molecule has 4 rings (SSSR count). The van der Waals surface area contributed by atoms with Crippen molar-refractivity contribution < 1.29 is 28.4 Å². The van der Waals surface area contributed by atoms with Crippen LogP contribution in [-0.4, -0.2) is 46.0 Å². The van der Waals surface area contributed by atoms with E-state index in [0.29, 0.717) is 6.42 Å². The monoisotopic (exact) mass is 459 g/mol. The number of thioether (sulfide) groups is 1. The van der Waals surface area contributed by atoms with Crippen molar-refractivity contribution in [2.75, 3.05) is 17.7 Å². The maximum Gasteiger partial charge on any atom is 0.330 e. The minimum Gasteiger partial charge on any atom is -0.454 e. The summed E-state index contributed by atoms with van der Waals surface area (Å²) < 4.78 is 18.5. The molecule has 2 atom stereocenters. The lowest BCUT2D eigenvalue weighted by atomic mass is 10.0. The highest BCUT2D eigenvalue weighted by Gasteiger charge is 2.57. The number of ether oxygens (including phenoxy) is 1. The van der Waals surface area contributed by atoms with Crippen molar-refractivity contribution in [3.63, 3.8) is 0 Å². The summed E-state index contributed by atoms with van der Waals surface area (Å²) >= 11 is 1.42. The number of nitro groups is 1. The van der Waals surface area contributed by atoms with Gasteiger partial charge < -0.3 is 15.0 Å². The van der Waals surface area contributed by atoms with Crippen LogP contribution in [0.3, 0.4) is 0 Å². The molecule has 0 bridgehead atoms. The Labute approximate surface area is 186 Å². The molecule has 0 radical (unpaired) electrons. The zero-order valence-corrected chi connectivity index (χ0v) is 17.5. The van der Waals surface area contributed by atoms with Gasteiger partial charge in [0.1, 0.15) is 16.7 Å². The summed E-state index contributed by atoms with van der Waals surface area (Å²) in [6.45, 7) is -0.603. The van der Waals surface area contributed by atoms with Gasteiger partial charge in [-0.05, 0) is 30.2 Å². The number of nitrogens with one attached hydrogen (secondary N) is 1. The Kier molecular flexibility index (Phi) is 5.83. The number of hydrogen-bond donors (Lipinski definition) is 1. The van der Waals surface area contributed by atoms with E-state index in [2.05, 4.69) is 5.32 Å². The second-order valence-electron chi connectivity index (χ2n) is 7.35. The molecule has 2 amide bonds. The number of rotatable bonds is 6. The molecule has 0 unspecified atom stereocenters. The molecule has 2 heterocycles. The lowest BCUT2D eigenvalue weighted by Crippen LogP contribution is -2.47. The van der Waals surface area contributed by atoms with Crippen molar-refractivity contribution in [1.29, 1.82) is 0 Å². The average molecular weight is 459 g/mol. The maximum absolute atomic E-state index is 13.4. The summed E-state index contributed by atoms with van der Waals surface area (Å²) in [5.74, 6) is -1.70. The first-order valence-electron chi connectivity index (χ1n) is 9.73. The second-order valence-corrected chi connectivity index (χ2v) is 8.64. The minimum absolute atomic E-state index is 0.188. The van der Waals surface area contributed by atoms with E-state index in [1.165, 1.54) is 53.1 Å². The highest BCUT2D eigenvalue weighted by Crippen LogP contribution is 2.54. The predicted molar refractivity (Wildman–Crippen MR) is 113 cm³/mol. The van der Waals surface area contributed by atoms with Crippen LogP contribution in [0.4, 0.5) is 15.8 Å². The molecule has 2 aliphatic heterocycles. The molecule has 9 nitrogen and oxygen atoms in total. The van der Waals surface area contributed by atoms with Gasteiger partial charge >= 0.3 is 5.97 Å². The van der Waals surface area contributed by atoms with Crippen molar-refractivity contribution in [3.05, 3.63) is 70.0 Å². The number of esters is 1. The third kappa shape index (κ3) is 4.03. The van der Waals surface area contributed by atoms with Gasteiger partial charge in [0.25, 0.3) is 11.6 Å². The van der Waals surface area contributed by atoms with Crippen LogP contribution in [0.15, 0.2) is 48.5 Å². The van der Waals surface area contributed by atoms with Crippen LogP contribution in [0, 0.1) is 15.9 Å².